The lowest BCUT2D eigenvalue weighted by atomic mass is 9.62. The lowest BCUT2D eigenvalue weighted by Gasteiger charge is -2.61. The Morgan fingerprint density at radius 3 is 2.88 bits per heavy atom. The van der Waals surface area contributed by atoms with E-state index in [0.29, 0.717) is 12.5 Å². The molecule has 5 nitrogen and oxygen atoms in total. The number of pyridine rings is 1. The third-order valence-electron chi connectivity index (χ3n) is 5.56. The molecule has 2 unspecified atom stereocenters. The summed E-state index contributed by atoms with van der Waals surface area (Å²) < 4.78 is 0. The van der Waals surface area contributed by atoms with Gasteiger partial charge < -0.3 is 4.90 Å². The number of benzene rings is 1. The Hall–Kier alpha value is -2.40. The molecule has 2 aliphatic rings. The first-order chi connectivity index (χ1) is 12.3. The van der Waals surface area contributed by atoms with Gasteiger partial charge in [-0.3, -0.25) is 9.82 Å². The van der Waals surface area contributed by atoms with Crippen LogP contribution in [-0.2, 0) is 17.0 Å². The number of nitrogens with zero attached hydrogens (tertiary/aromatic N) is 2. The average molecular weight is 337 g/mol. The minimum atomic E-state index is -0.165. The Kier molecular flexibility index (Phi) is 4.40. The van der Waals surface area contributed by atoms with Crippen LogP contribution in [0.25, 0.3) is 0 Å². The van der Waals surface area contributed by atoms with Gasteiger partial charge in [-0.05, 0) is 30.0 Å². The molecular weight excluding hydrogens is 314 g/mol. The lowest BCUT2D eigenvalue weighted by Crippen LogP contribution is -2.69. The summed E-state index contributed by atoms with van der Waals surface area (Å²) >= 11 is 0. The minimum absolute atomic E-state index is 0.147. The van der Waals surface area contributed by atoms with Crippen molar-refractivity contribution in [3.63, 3.8) is 0 Å². The number of carbonyl (C=O) groups excluding carboxylic acids is 1. The van der Waals surface area contributed by atoms with Gasteiger partial charge in [-0.25, -0.2) is 10.3 Å². The fourth-order valence-corrected chi connectivity index (χ4v) is 4.34. The molecule has 2 heterocycles. The first-order valence-corrected chi connectivity index (χ1v) is 8.94. The summed E-state index contributed by atoms with van der Waals surface area (Å²) in [5.41, 5.74) is 4.63. The van der Waals surface area contributed by atoms with E-state index in [-0.39, 0.29) is 11.6 Å². The summed E-state index contributed by atoms with van der Waals surface area (Å²) in [7, 11) is 0. The van der Waals surface area contributed by atoms with Crippen LogP contribution in [0.1, 0.15) is 36.8 Å². The van der Waals surface area contributed by atoms with Gasteiger partial charge in [0.2, 0.25) is 0 Å². The van der Waals surface area contributed by atoms with Gasteiger partial charge in [-0.1, -0.05) is 49.2 Å². The first kappa shape index (κ1) is 16.1. The summed E-state index contributed by atoms with van der Waals surface area (Å²) in [6, 6.07) is 14.1. The monoisotopic (exact) mass is 337 g/mol. The van der Waals surface area contributed by atoms with E-state index in [1.807, 2.05) is 23.1 Å². The van der Waals surface area contributed by atoms with Crippen LogP contribution >= 0.6 is 0 Å². The molecule has 130 valence electrons. The van der Waals surface area contributed by atoms with Crippen LogP contribution in [0.5, 0.6) is 0 Å². The second kappa shape index (κ2) is 6.84. The molecule has 0 spiro atoms. The highest BCUT2D eigenvalue weighted by molar-refractivity contribution is 5.76. The molecule has 4 rings (SSSR count). The number of amides is 2. The number of fused-ring (bicyclic) bond motifs is 1. The van der Waals surface area contributed by atoms with Crippen molar-refractivity contribution in [1.82, 2.24) is 15.4 Å². The predicted octanol–water partition coefficient (Wildman–Crippen LogP) is 3.62. The predicted molar refractivity (Wildman–Crippen MR) is 94.3 cm³/mol. The summed E-state index contributed by atoms with van der Waals surface area (Å²) in [6.07, 6.45) is 8.08. The van der Waals surface area contributed by atoms with Crippen LogP contribution in [0.15, 0.2) is 54.9 Å². The maximum Gasteiger partial charge on any atom is 0.342 e. The molecule has 1 aromatic heterocycles. The van der Waals surface area contributed by atoms with E-state index >= 15 is 0 Å². The molecule has 1 aliphatic heterocycles. The summed E-state index contributed by atoms with van der Waals surface area (Å²) in [5.74, 6) is 0.549. The molecule has 1 N–H and O–H groups in total. The molecule has 25 heavy (non-hydrogen) atoms. The molecule has 1 aliphatic carbocycles. The molecule has 5 heteroatoms. The van der Waals surface area contributed by atoms with Gasteiger partial charge in [0.15, 0.2) is 0 Å². The molecule has 2 aromatic rings. The molecule has 0 radical (unpaired) electrons. The number of aromatic nitrogens is 1. The van der Waals surface area contributed by atoms with E-state index in [9.17, 15) is 4.79 Å². The van der Waals surface area contributed by atoms with E-state index in [2.05, 4.69) is 34.7 Å². The summed E-state index contributed by atoms with van der Waals surface area (Å²) in [6.45, 7) is 1.12. The van der Waals surface area contributed by atoms with E-state index in [1.165, 1.54) is 18.4 Å². The van der Waals surface area contributed by atoms with Gasteiger partial charge in [-0.15, -0.1) is 0 Å². The average Bonchev–Trinajstić information content (AvgIpc) is 2.64. The van der Waals surface area contributed by atoms with Crippen molar-refractivity contribution in [2.45, 2.75) is 37.8 Å². The second-order valence-electron chi connectivity index (χ2n) is 6.90. The Labute approximate surface area is 148 Å². The number of nitrogens with one attached hydrogen (secondary N) is 1. The maximum atomic E-state index is 12.7. The van der Waals surface area contributed by atoms with Gasteiger partial charge in [0, 0.05) is 24.9 Å². The van der Waals surface area contributed by atoms with Gasteiger partial charge >= 0.3 is 6.03 Å². The van der Waals surface area contributed by atoms with E-state index in [4.69, 9.17) is 4.84 Å². The van der Waals surface area contributed by atoms with Gasteiger partial charge in [0.05, 0.1) is 5.54 Å². The fourth-order valence-electron chi connectivity index (χ4n) is 4.34. The van der Waals surface area contributed by atoms with Crippen molar-refractivity contribution in [2.24, 2.45) is 5.92 Å². The Bertz CT molecular complexity index is 722. The fraction of sp³-hybridized carbons (Fsp3) is 0.400. The quantitative estimate of drug-likeness (QED) is 0.867. The van der Waals surface area contributed by atoms with Crippen molar-refractivity contribution in [3.8, 4) is 0 Å². The molecule has 1 saturated heterocycles. The molecule has 2 fully saturated rings. The number of hydrogen-bond acceptors (Lipinski definition) is 3. The van der Waals surface area contributed by atoms with Gasteiger partial charge in [-0.2, -0.15) is 0 Å². The van der Waals surface area contributed by atoms with Gasteiger partial charge in [0.25, 0.3) is 0 Å². The largest absolute Gasteiger partial charge is 0.342 e. The van der Waals surface area contributed by atoms with Crippen molar-refractivity contribution >= 4 is 6.03 Å². The number of carbonyl (C=O) groups is 1. The highest BCUT2D eigenvalue weighted by Crippen LogP contribution is 2.53. The third kappa shape index (κ3) is 2.89. The molecule has 0 bridgehead atoms. The second-order valence-corrected chi connectivity index (χ2v) is 6.90. The number of rotatable bonds is 4. The van der Waals surface area contributed by atoms with Crippen LogP contribution in [0.3, 0.4) is 0 Å². The molecule has 1 saturated carbocycles. The number of hydrogen-bond donors (Lipinski definition) is 1. The van der Waals surface area contributed by atoms with Crippen LogP contribution in [0.2, 0.25) is 0 Å². The molecule has 1 aromatic carbocycles. The molecule has 2 atom stereocenters. The Balaban J connectivity index is 1.45. The Morgan fingerprint density at radius 2 is 2.12 bits per heavy atom. The first-order valence-electron chi connectivity index (χ1n) is 8.94. The highest BCUT2D eigenvalue weighted by Gasteiger charge is 2.57. The minimum Gasteiger partial charge on any atom is -0.313 e. The van der Waals surface area contributed by atoms with Gasteiger partial charge in [0.1, 0.15) is 6.61 Å². The van der Waals surface area contributed by atoms with E-state index in [0.717, 1.165) is 24.9 Å². The maximum absolute atomic E-state index is 12.7. The normalized spacial score (nSPS) is 25.0. The third-order valence-corrected chi connectivity index (χ3v) is 5.56. The van der Waals surface area contributed by atoms with Crippen molar-refractivity contribution in [2.75, 3.05) is 6.54 Å². The van der Waals surface area contributed by atoms with E-state index < -0.39 is 0 Å². The zero-order chi connectivity index (χ0) is 17.1. The zero-order valence-electron chi connectivity index (χ0n) is 14.2. The molecular formula is C20H23N3O2. The van der Waals surface area contributed by atoms with Crippen LogP contribution in [-0.4, -0.2) is 22.5 Å². The molecule has 2 amide bonds. The number of urea groups is 1. The smallest absolute Gasteiger partial charge is 0.313 e. The highest BCUT2D eigenvalue weighted by atomic mass is 16.7. The number of likely N-dealkylation sites (tertiary alicyclic amines) is 1. The SMILES string of the molecule is O=C(NOCc1cccnc1)N1CC2CCCCC21c1ccccc1. The number of hydroxylamine groups is 1. The van der Waals surface area contributed by atoms with E-state index in [1.54, 1.807) is 12.4 Å². The standard InChI is InChI=1S/C20H23N3O2/c24-19(22-25-15-16-7-6-12-21-13-16)23-14-18-10-4-5-11-20(18,23)17-8-2-1-3-9-17/h1-3,6-9,12-13,18H,4-5,10-11,14-15H2,(H,22,24). The zero-order valence-corrected chi connectivity index (χ0v) is 14.2. The van der Waals surface area contributed by atoms with Crippen LogP contribution < -0.4 is 5.48 Å². The van der Waals surface area contributed by atoms with Crippen molar-refractivity contribution in [1.29, 1.82) is 0 Å². The topological polar surface area (TPSA) is 54.5 Å². The van der Waals surface area contributed by atoms with Crippen LogP contribution in [0.4, 0.5) is 4.79 Å². The summed E-state index contributed by atoms with van der Waals surface area (Å²) in [4.78, 5) is 24.1. The van der Waals surface area contributed by atoms with Crippen molar-refractivity contribution < 1.29 is 9.63 Å². The lowest BCUT2D eigenvalue weighted by molar-refractivity contribution is -0.0926. The Morgan fingerprint density at radius 1 is 1.24 bits per heavy atom. The van der Waals surface area contributed by atoms with Crippen LogP contribution in [0, 0.1) is 5.92 Å². The summed E-state index contributed by atoms with van der Waals surface area (Å²) in [5, 5.41) is 0. The van der Waals surface area contributed by atoms with Crippen molar-refractivity contribution in [3.05, 3.63) is 66.0 Å².